The van der Waals surface area contributed by atoms with Crippen LogP contribution in [0.15, 0.2) is 47.4 Å². The summed E-state index contributed by atoms with van der Waals surface area (Å²) in [6.45, 7) is 6.53. The molecular formula is C23H28ClNO6S. The molecule has 1 heterocycles. The molecule has 0 aromatic heterocycles. The van der Waals surface area contributed by atoms with E-state index in [9.17, 15) is 13.2 Å². The third-order valence-corrected chi connectivity index (χ3v) is 6.77. The van der Waals surface area contributed by atoms with E-state index < -0.39 is 15.7 Å². The Labute approximate surface area is 194 Å². The maximum absolute atomic E-state index is 12.8. The number of para-hydroxylation sites is 1. The summed E-state index contributed by atoms with van der Waals surface area (Å²) in [7, 11) is -2.70. The number of carbonyl (C=O) groups excluding carboxylic acids is 1. The Balaban J connectivity index is 1.87. The van der Waals surface area contributed by atoms with Gasteiger partial charge in [0.15, 0.2) is 11.5 Å². The first-order valence-electron chi connectivity index (χ1n) is 10.4. The molecule has 1 unspecified atom stereocenters. The molecule has 1 aliphatic heterocycles. The minimum Gasteiger partial charge on any atom is -0.492 e. The van der Waals surface area contributed by atoms with Crippen molar-refractivity contribution in [1.82, 2.24) is 4.90 Å². The second-order valence-corrected chi connectivity index (χ2v) is 10.5. The maximum Gasteiger partial charge on any atom is 0.410 e. The lowest BCUT2D eigenvalue weighted by Crippen LogP contribution is -2.42. The van der Waals surface area contributed by atoms with Crippen LogP contribution in [-0.2, 0) is 14.9 Å². The largest absolute Gasteiger partial charge is 0.492 e. The van der Waals surface area contributed by atoms with Gasteiger partial charge in [-0.1, -0.05) is 35.9 Å². The summed E-state index contributed by atoms with van der Waals surface area (Å²) < 4.78 is 42.1. The number of piperidine rings is 1. The minimum atomic E-state index is -4.17. The Morgan fingerprint density at radius 3 is 2.50 bits per heavy atom. The van der Waals surface area contributed by atoms with E-state index in [-0.39, 0.29) is 27.7 Å². The lowest BCUT2D eigenvalue weighted by molar-refractivity contribution is 0.0197. The molecule has 2 aromatic rings. The van der Waals surface area contributed by atoms with E-state index in [1.165, 1.54) is 25.3 Å². The van der Waals surface area contributed by atoms with Crippen LogP contribution in [0.25, 0.3) is 0 Å². The van der Waals surface area contributed by atoms with Crippen molar-refractivity contribution in [2.45, 2.75) is 50.0 Å². The lowest BCUT2D eigenvalue weighted by atomic mass is 9.90. The Morgan fingerprint density at radius 2 is 1.84 bits per heavy atom. The van der Waals surface area contributed by atoms with E-state index in [4.69, 9.17) is 25.3 Å². The second kappa shape index (κ2) is 9.58. The van der Waals surface area contributed by atoms with Crippen molar-refractivity contribution in [2.75, 3.05) is 20.2 Å². The number of ether oxygens (including phenoxy) is 2. The standard InChI is InChI=1S/C23H28ClNO6S/c1-23(2,3)30-22(26)25-14-8-9-16(15-25)17-10-7-12-19(21(17)29-4)31-32(27,28)20-13-6-5-11-18(20)24/h5-7,10-13,16H,8-9,14-15H2,1-4H3. The first-order chi connectivity index (χ1) is 15.0. The Kier molecular flexibility index (Phi) is 7.25. The van der Waals surface area contributed by atoms with Gasteiger partial charge in [-0.25, -0.2) is 4.79 Å². The average molecular weight is 482 g/mol. The third-order valence-electron chi connectivity index (χ3n) is 5.03. The summed E-state index contributed by atoms with van der Waals surface area (Å²) in [4.78, 5) is 14.1. The molecule has 0 saturated carbocycles. The molecule has 32 heavy (non-hydrogen) atoms. The molecule has 2 aromatic carbocycles. The van der Waals surface area contributed by atoms with Crippen molar-refractivity contribution >= 4 is 27.8 Å². The molecule has 3 rings (SSSR count). The van der Waals surface area contributed by atoms with Gasteiger partial charge in [0, 0.05) is 24.6 Å². The van der Waals surface area contributed by atoms with Gasteiger partial charge in [0.05, 0.1) is 12.1 Å². The molecule has 0 spiro atoms. The van der Waals surface area contributed by atoms with Crippen LogP contribution in [0, 0.1) is 0 Å². The van der Waals surface area contributed by atoms with Gasteiger partial charge in [0.1, 0.15) is 10.5 Å². The normalized spacial score (nSPS) is 17.0. The van der Waals surface area contributed by atoms with Crippen molar-refractivity contribution < 1.29 is 26.9 Å². The highest BCUT2D eigenvalue weighted by atomic mass is 35.5. The van der Waals surface area contributed by atoms with E-state index in [0.29, 0.717) is 18.8 Å². The molecule has 1 aliphatic rings. The molecule has 7 nitrogen and oxygen atoms in total. The average Bonchev–Trinajstić information content (AvgIpc) is 2.72. The smallest absolute Gasteiger partial charge is 0.410 e. The van der Waals surface area contributed by atoms with Crippen LogP contribution in [0.2, 0.25) is 5.02 Å². The summed E-state index contributed by atoms with van der Waals surface area (Å²) in [5.41, 5.74) is 0.190. The fourth-order valence-electron chi connectivity index (χ4n) is 3.67. The number of carbonyl (C=O) groups is 1. The number of halogens is 1. The zero-order chi connectivity index (χ0) is 23.5. The number of nitrogens with zero attached hydrogens (tertiary/aromatic N) is 1. The van der Waals surface area contributed by atoms with E-state index in [1.807, 2.05) is 26.8 Å². The zero-order valence-electron chi connectivity index (χ0n) is 18.6. The quantitative estimate of drug-likeness (QED) is 0.544. The number of rotatable bonds is 5. The molecule has 1 amide bonds. The summed E-state index contributed by atoms with van der Waals surface area (Å²) in [5.74, 6) is 0.330. The van der Waals surface area contributed by atoms with Gasteiger partial charge in [-0.05, 0) is 51.8 Å². The molecule has 0 bridgehead atoms. The van der Waals surface area contributed by atoms with Crippen LogP contribution in [0.1, 0.15) is 45.1 Å². The van der Waals surface area contributed by atoms with Gasteiger partial charge >= 0.3 is 16.2 Å². The predicted molar refractivity (Wildman–Crippen MR) is 122 cm³/mol. The van der Waals surface area contributed by atoms with Crippen LogP contribution in [-0.4, -0.2) is 45.2 Å². The van der Waals surface area contributed by atoms with Gasteiger partial charge < -0.3 is 18.6 Å². The van der Waals surface area contributed by atoms with Gasteiger partial charge in [-0.15, -0.1) is 0 Å². The van der Waals surface area contributed by atoms with Gasteiger partial charge in [0.25, 0.3) is 0 Å². The highest BCUT2D eigenvalue weighted by Crippen LogP contribution is 2.40. The van der Waals surface area contributed by atoms with Crippen LogP contribution in [0.5, 0.6) is 11.5 Å². The molecule has 1 saturated heterocycles. The van der Waals surface area contributed by atoms with Crippen LogP contribution >= 0.6 is 11.6 Å². The first-order valence-corrected chi connectivity index (χ1v) is 12.1. The highest BCUT2D eigenvalue weighted by Gasteiger charge is 2.31. The molecule has 0 radical (unpaired) electrons. The molecule has 1 atom stereocenters. The van der Waals surface area contributed by atoms with Crippen molar-refractivity contribution in [1.29, 1.82) is 0 Å². The van der Waals surface area contributed by atoms with Gasteiger partial charge in [-0.2, -0.15) is 8.42 Å². The van der Waals surface area contributed by atoms with Crippen molar-refractivity contribution in [3.8, 4) is 11.5 Å². The summed E-state index contributed by atoms with van der Waals surface area (Å²) in [5, 5.41) is 0.0721. The number of hydrogen-bond acceptors (Lipinski definition) is 6. The van der Waals surface area contributed by atoms with Crippen molar-refractivity contribution in [3.63, 3.8) is 0 Å². The fourth-order valence-corrected chi connectivity index (χ4v) is 5.10. The second-order valence-electron chi connectivity index (χ2n) is 8.61. The number of amides is 1. The molecule has 9 heteroatoms. The molecule has 0 aliphatic carbocycles. The summed E-state index contributed by atoms with van der Waals surface area (Å²) in [6, 6.07) is 11.2. The predicted octanol–water partition coefficient (Wildman–Crippen LogP) is 5.23. The zero-order valence-corrected chi connectivity index (χ0v) is 20.2. The first kappa shape index (κ1) is 24.2. The lowest BCUT2D eigenvalue weighted by Gasteiger charge is -2.34. The fraction of sp³-hybridized carbons (Fsp3) is 0.435. The van der Waals surface area contributed by atoms with Crippen LogP contribution in [0.4, 0.5) is 4.79 Å². The number of likely N-dealkylation sites (tertiary alicyclic amines) is 1. The molecule has 0 N–H and O–H groups in total. The minimum absolute atomic E-state index is 0.0576. The molecule has 174 valence electrons. The number of methoxy groups -OCH3 is 1. The monoisotopic (exact) mass is 481 g/mol. The number of hydrogen-bond donors (Lipinski definition) is 0. The Hall–Kier alpha value is -2.45. The van der Waals surface area contributed by atoms with E-state index in [0.717, 1.165) is 18.4 Å². The molecule has 1 fully saturated rings. The SMILES string of the molecule is COc1c(OS(=O)(=O)c2ccccc2Cl)cccc1C1CCCN(C(=O)OC(C)(C)C)C1. The topological polar surface area (TPSA) is 82.1 Å². The third kappa shape index (κ3) is 5.66. The van der Waals surface area contributed by atoms with Crippen molar-refractivity contribution in [2.24, 2.45) is 0 Å². The Morgan fingerprint density at radius 1 is 1.12 bits per heavy atom. The van der Waals surface area contributed by atoms with E-state index in [2.05, 4.69) is 0 Å². The van der Waals surface area contributed by atoms with Crippen LogP contribution < -0.4 is 8.92 Å². The summed E-state index contributed by atoms with van der Waals surface area (Å²) >= 11 is 6.05. The number of benzene rings is 2. The van der Waals surface area contributed by atoms with Gasteiger partial charge in [0.2, 0.25) is 0 Å². The highest BCUT2D eigenvalue weighted by molar-refractivity contribution is 7.87. The van der Waals surface area contributed by atoms with Crippen molar-refractivity contribution in [3.05, 3.63) is 53.1 Å². The molecular weight excluding hydrogens is 454 g/mol. The van der Waals surface area contributed by atoms with Crippen LogP contribution in [0.3, 0.4) is 0 Å². The maximum atomic E-state index is 12.8. The van der Waals surface area contributed by atoms with E-state index >= 15 is 0 Å². The van der Waals surface area contributed by atoms with E-state index in [1.54, 1.807) is 23.1 Å². The Bertz CT molecular complexity index is 1080. The summed E-state index contributed by atoms with van der Waals surface area (Å²) in [6.07, 6.45) is 1.24. The van der Waals surface area contributed by atoms with Gasteiger partial charge in [-0.3, -0.25) is 0 Å².